The van der Waals surface area contributed by atoms with Crippen LogP contribution in [0.3, 0.4) is 0 Å². The van der Waals surface area contributed by atoms with Crippen LogP contribution in [-0.4, -0.2) is 60.4 Å². The molecule has 1 aliphatic heterocycles. The molecule has 1 aromatic carbocycles. The van der Waals surface area contributed by atoms with Crippen LogP contribution >= 0.6 is 11.3 Å². The molecule has 3 aromatic rings. The van der Waals surface area contributed by atoms with Crippen LogP contribution in [0.4, 0.5) is 0 Å². The molecule has 9 heteroatoms. The number of rotatable bonds is 7. The molecule has 1 fully saturated rings. The number of carbonyl (C=O) groups is 1. The van der Waals surface area contributed by atoms with Gasteiger partial charge in [0.15, 0.2) is 0 Å². The minimum absolute atomic E-state index is 0.0344. The van der Waals surface area contributed by atoms with Gasteiger partial charge in [-0.2, -0.15) is 0 Å². The molecule has 32 heavy (non-hydrogen) atoms. The maximum atomic E-state index is 12.8. The molecule has 1 saturated heterocycles. The van der Waals surface area contributed by atoms with Crippen molar-refractivity contribution in [1.29, 1.82) is 0 Å². The summed E-state index contributed by atoms with van der Waals surface area (Å²) in [6.07, 6.45) is 0.0229. The number of aromatic nitrogens is 2. The Labute approximate surface area is 190 Å². The summed E-state index contributed by atoms with van der Waals surface area (Å²) in [5.74, 6) is 0.111. The molecule has 0 radical (unpaired) electrons. The van der Waals surface area contributed by atoms with E-state index in [2.05, 4.69) is 27.0 Å². The Bertz CT molecular complexity index is 1140. The van der Waals surface area contributed by atoms with Crippen LogP contribution in [-0.2, 0) is 20.8 Å². The van der Waals surface area contributed by atoms with E-state index in [-0.39, 0.29) is 24.4 Å². The van der Waals surface area contributed by atoms with Crippen molar-refractivity contribution < 1.29 is 19.0 Å². The van der Waals surface area contributed by atoms with E-state index in [1.54, 1.807) is 14.0 Å². The summed E-state index contributed by atoms with van der Waals surface area (Å²) >= 11 is 1.19. The molecule has 3 heterocycles. The fourth-order valence-corrected chi connectivity index (χ4v) is 5.07. The predicted octanol–water partition coefficient (Wildman–Crippen LogP) is 3.06. The zero-order chi connectivity index (χ0) is 22.7. The fraction of sp³-hybridized carbons (Fsp3) is 0.435. The highest BCUT2D eigenvalue weighted by atomic mass is 32.1. The third-order valence-electron chi connectivity index (χ3n) is 5.44. The van der Waals surface area contributed by atoms with Crippen molar-refractivity contribution >= 4 is 27.5 Å². The second-order valence-corrected chi connectivity index (χ2v) is 8.92. The number of esters is 1. The van der Waals surface area contributed by atoms with Crippen LogP contribution in [0.5, 0.6) is 0 Å². The molecular formula is C23H27N3O5S. The van der Waals surface area contributed by atoms with E-state index in [9.17, 15) is 9.59 Å². The molecule has 2 unspecified atom stereocenters. The van der Waals surface area contributed by atoms with Crippen molar-refractivity contribution in [2.75, 3.05) is 33.4 Å². The van der Waals surface area contributed by atoms with Crippen molar-refractivity contribution in [3.63, 3.8) is 0 Å². The molecule has 2 atom stereocenters. The van der Waals surface area contributed by atoms with Gasteiger partial charge in [0.25, 0.3) is 5.56 Å². The fourth-order valence-electron chi connectivity index (χ4n) is 3.97. The highest BCUT2D eigenvalue weighted by Gasteiger charge is 2.27. The Morgan fingerprint density at radius 1 is 1.28 bits per heavy atom. The van der Waals surface area contributed by atoms with Gasteiger partial charge in [0.05, 0.1) is 30.7 Å². The molecule has 170 valence electrons. The number of nitrogens with one attached hydrogen (secondary N) is 1. The van der Waals surface area contributed by atoms with Gasteiger partial charge in [0, 0.05) is 20.2 Å². The molecule has 0 aliphatic carbocycles. The second kappa shape index (κ2) is 9.91. The van der Waals surface area contributed by atoms with E-state index in [4.69, 9.17) is 14.2 Å². The molecular weight excluding hydrogens is 430 g/mol. The van der Waals surface area contributed by atoms with Crippen molar-refractivity contribution in [3.8, 4) is 0 Å². The number of morpholine rings is 1. The summed E-state index contributed by atoms with van der Waals surface area (Å²) in [7, 11) is 1.54. The topological polar surface area (TPSA) is 93.8 Å². The first kappa shape index (κ1) is 22.6. The SMILES string of the molecule is COCCOC(=O)c1sc2nc(CN3CC(C)OC(c4ccccc4)C3)[nH]c(=O)c2c1C. The third-order valence-corrected chi connectivity index (χ3v) is 6.60. The molecule has 2 aromatic heterocycles. The Morgan fingerprint density at radius 3 is 2.81 bits per heavy atom. The monoisotopic (exact) mass is 457 g/mol. The van der Waals surface area contributed by atoms with E-state index in [1.807, 2.05) is 25.1 Å². The molecule has 0 bridgehead atoms. The van der Waals surface area contributed by atoms with Crippen LogP contribution in [0.1, 0.15) is 39.7 Å². The van der Waals surface area contributed by atoms with Crippen LogP contribution in [0.2, 0.25) is 0 Å². The van der Waals surface area contributed by atoms with Gasteiger partial charge in [0.1, 0.15) is 22.1 Å². The van der Waals surface area contributed by atoms with Crippen LogP contribution in [0, 0.1) is 6.92 Å². The van der Waals surface area contributed by atoms with Gasteiger partial charge in [-0.05, 0) is 25.0 Å². The van der Waals surface area contributed by atoms with Gasteiger partial charge >= 0.3 is 5.97 Å². The average Bonchev–Trinajstić information content (AvgIpc) is 3.11. The number of fused-ring (bicyclic) bond motifs is 1. The number of thiophene rings is 1. The molecule has 8 nitrogen and oxygen atoms in total. The number of ether oxygens (including phenoxy) is 3. The maximum absolute atomic E-state index is 12.8. The summed E-state index contributed by atoms with van der Waals surface area (Å²) in [5.41, 5.74) is 1.49. The van der Waals surface area contributed by atoms with Gasteiger partial charge in [-0.3, -0.25) is 9.69 Å². The number of methoxy groups -OCH3 is 1. The molecule has 0 amide bonds. The lowest BCUT2D eigenvalue weighted by atomic mass is 10.1. The first-order valence-electron chi connectivity index (χ1n) is 10.6. The van der Waals surface area contributed by atoms with Gasteiger partial charge < -0.3 is 19.2 Å². The van der Waals surface area contributed by atoms with Crippen LogP contribution < -0.4 is 5.56 Å². The Kier molecular flexibility index (Phi) is 7.00. The minimum Gasteiger partial charge on any atom is -0.459 e. The quantitative estimate of drug-likeness (QED) is 0.430. The Morgan fingerprint density at radius 2 is 2.06 bits per heavy atom. The van der Waals surface area contributed by atoms with E-state index in [0.29, 0.717) is 46.2 Å². The molecule has 4 rings (SSSR count). The average molecular weight is 458 g/mol. The lowest BCUT2D eigenvalue weighted by Crippen LogP contribution is -2.42. The first-order valence-corrected chi connectivity index (χ1v) is 11.4. The van der Waals surface area contributed by atoms with Crippen molar-refractivity contribution in [2.24, 2.45) is 0 Å². The number of hydrogen-bond acceptors (Lipinski definition) is 8. The van der Waals surface area contributed by atoms with E-state index in [0.717, 1.165) is 12.1 Å². The number of nitrogens with zero attached hydrogens (tertiary/aromatic N) is 2. The van der Waals surface area contributed by atoms with Gasteiger partial charge in [-0.15, -0.1) is 11.3 Å². The Balaban J connectivity index is 1.54. The molecule has 0 saturated carbocycles. The molecule has 1 aliphatic rings. The lowest BCUT2D eigenvalue weighted by molar-refractivity contribution is -0.0819. The van der Waals surface area contributed by atoms with Crippen molar-refractivity contribution in [1.82, 2.24) is 14.9 Å². The Hall–Kier alpha value is -2.59. The van der Waals surface area contributed by atoms with Crippen molar-refractivity contribution in [3.05, 3.63) is 62.5 Å². The van der Waals surface area contributed by atoms with Gasteiger partial charge in [-0.25, -0.2) is 9.78 Å². The summed E-state index contributed by atoms with van der Waals surface area (Å²) in [6.45, 7) is 6.22. The lowest BCUT2D eigenvalue weighted by Gasteiger charge is -2.36. The zero-order valence-corrected chi connectivity index (χ0v) is 19.2. The standard InChI is InChI=1S/C23H27N3O5S/c1-14-11-26(12-17(31-14)16-7-5-4-6-8-16)13-18-24-21(27)19-15(2)20(32-22(19)25-18)23(28)30-10-9-29-3/h4-8,14,17H,9-13H2,1-3H3,(H,24,25,27). The highest BCUT2D eigenvalue weighted by molar-refractivity contribution is 7.20. The predicted molar refractivity (Wildman–Crippen MR) is 122 cm³/mol. The van der Waals surface area contributed by atoms with E-state index >= 15 is 0 Å². The minimum atomic E-state index is -0.462. The van der Waals surface area contributed by atoms with Gasteiger partial charge in [-0.1, -0.05) is 30.3 Å². The smallest absolute Gasteiger partial charge is 0.348 e. The second-order valence-electron chi connectivity index (χ2n) is 7.92. The number of H-pyrrole nitrogens is 1. The number of aryl methyl sites for hydroxylation is 1. The number of benzene rings is 1. The summed E-state index contributed by atoms with van der Waals surface area (Å²) in [6, 6.07) is 10.1. The highest BCUT2D eigenvalue weighted by Crippen LogP contribution is 2.29. The van der Waals surface area contributed by atoms with Crippen LogP contribution in [0.15, 0.2) is 35.1 Å². The largest absolute Gasteiger partial charge is 0.459 e. The number of aromatic amines is 1. The summed E-state index contributed by atoms with van der Waals surface area (Å²) in [4.78, 5) is 35.9. The van der Waals surface area contributed by atoms with Crippen molar-refractivity contribution in [2.45, 2.75) is 32.6 Å². The zero-order valence-electron chi connectivity index (χ0n) is 18.4. The van der Waals surface area contributed by atoms with E-state index in [1.165, 1.54) is 11.3 Å². The van der Waals surface area contributed by atoms with E-state index < -0.39 is 5.97 Å². The maximum Gasteiger partial charge on any atom is 0.348 e. The third kappa shape index (κ3) is 4.91. The normalized spacial score (nSPS) is 19.3. The molecule has 0 spiro atoms. The summed E-state index contributed by atoms with van der Waals surface area (Å²) < 4.78 is 16.3. The van der Waals surface area contributed by atoms with Crippen LogP contribution in [0.25, 0.3) is 10.2 Å². The van der Waals surface area contributed by atoms with Gasteiger partial charge in [0.2, 0.25) is 0 Å². The number of hydrogen-bond donors (Lipinski definition) is 1. The number of carbonyl (C=O) groups excluding carboxylic acids is 1. The summed E-state index contributed by atoms with van der Waals surface area (Å²) in [5, 5.41) is 0.440. The molecule has 1 N–H and O–H groups in total. The first-order chi connectivity index (χ1) is 15.5.